The maximum Gasteiger partial charge on any atom is 0.305 e. The first-order chi connectivity index (χ1) is 7.85. The molecule has 100 valence electrons. The number of nitrogens with zero attached hydrogens (tertiary/aromatic N) is 1. The molecule has 1 aliphatic rings. The molecule has 0 atom stereocenters. The van der Waals surface area contributed by atoms with E-state index in [1.807, 2.05) is 13.8 Å². The van der Waals surface area contributed by atoms with Crippen LogP contribution in [-0.2, 0) is 14.6 Å². The Morgan fingerprint density at radius 1 is 1.24 bits per heavy atom. The number of carboxylic acids is 1. The van der Waals surface area contributed by atoms with Gasteiger partial charge in [0, 0.05) is 5.54 Å². The number of hydrogen-bond donors (Lipinski definition) is 1. The Kier molecular flexibility index (Phi) is 4.55. The summed E-state index contributed by atoms with van der Waals surface area (Å²) in [7, 11) is -2.96. The maximum atomic E-state index is 11.5. The highest BCUT2D eigenvalue weighted by molar-refractivity contribution is 7.91. The number of carboxylic acid groups (broad SMARTS) is 1. The van der Waals surface area contributed by atoms with Gasteiger partial charge in [0.15, 0.2) is 0 Å². The lowest BCUT2D eigenvalue weighted by molar-refractivity contribution is -0.140. The molecule has 1 saturated heterocycles. The maximum absolute atomic E-state index is 11.5. The third-order valence-electron chi connectivity index (χ3n) is 3.67. The number of carbonyl (C=O) groups is 1. The lowest BCUT2D eigenvalue weighted by atomic mass is 9.86. The molecule has 1 fully saturated rings. The van der Waals surface area contributed by atoms with Crippen molar-refractivity contribution in [3.8, 4) is 0 Å². The van der Waals surface area contributed by atoms with Gasteiger partial charge in [-0.05, 0) is 25.9 Å². The monoisotopic (exact) mass is 263 g/mol. The molecule has 0 bridgehead atoms. The molecule has 0 aliphatic carbocycles. The number of hydrogen-bond acceptors (Lipinski definition) is 4. The van der Waals surface area contributed by atoms with Crippen LogP contribution >= 0.6 is 0 Å². The van der Waals surface area contributed by atoms with E-state index in [9.17, 15) is 13.2 Å². The summed E-state index contributed by atoms with van der Waals surface area (Å²) in [6, 6.07) is 0. The first-order valence-corrected chi connectivity index (χ1v) is 7.84. The number of rotatable bonds is 5. The molecule has 0 spiro atoms. The largest absolute Gasteiger partial charge is 0.481 e. The molecule has 0 unspecified atom stereocenters. The highest BCUT2D eigenvalue weighted by Gasteiger charge is 2.42. The summed E-state index contributed by atoms with van der Waals surface area (Å²) in [5.74, 6) is -0.635. The van der Waals surface area contributed by atoms with Crippen molar-refractivity contribution >= 4 is 15.8 Å². The fourth-order valence-electron chi connectivity index (χ4n) is 2.70. The summed E-state index contributed by atoms with van der Waals surface area (Å²) in [4.78, 5) is 13.1. The van der Waals surface area contributed by atoms with E-state index in [1.54, 1.807) is 0 Å². The van der Waals surface area contributed by atoms with Crippen LogP contribution in [0.3, 0.4) is 0 Å². The van der Waals surface area contributed by atoms with Crippen molar-refractivity contribution in [2.75, 3.05) is 24.6 Å². The zero-order valence-corrected chi connectivity index (χ0v) is 11.3. The van der Waals surface area contributed by atoms with E-state index in [-0.39, 0.29) is 17.9 Å². The van der Waals surface area contributed by atoms with Gasteiger partial charge in [0.25, 0.3) is 0 Å². The normalized spacial score (nSPS) is 22.5. The predicted molar refractivity (Wildman–Crippen MR) is 65.8 cm³/mol. The van der Waals surface area contributed by atoms with Crippen LogP contribution in [0.25, 0.3) is 0 Å². The van der Waals surface area contributed by atoms with Gasteiger partial charge in [-0.15, -0.1) is 0 Å². The highest BCUT2D eigenvalue weighted by atomic mass is 32.2. The topological polar surface area (TPSA) is 74.7 Å². The van der Waals surface area contributed by atoms with Crippen LogP contribution in [0.4, 0.5) is 0 Å². The molecule has 0 aromatic rings. The minimum atomic E-state index is -2.96. The molecule has 0 aromatic heterocycles. The lowest BCUT2D eigenvalue weighted by Gasteiger charge is -2.44. The molecule has 17 heavy (non-hydrogen) atoms. The Labute approximate surface area is 103 Å². The minimum absolute atomic E-state index is 0.0319. The quantitative estimate of drug-likeness (QED) is 0.792. The van der Waals surface area contributed by atoms with Crippen LogP contribution in [0.15, 0.2) is 0 Å². The molecule has 6 heteroatoms. The summed E-state index contributed by atoms with van der Waals surface area (Å²) < 4.78 is 22.9. The van der Waals surface area contributed by atoms with Crippen LogP contribution in [0.5, 0.6) is 0 Å². The fourth-order valence-corrected chi connectivity index (χ4v) is 4.28. The van der Waals surface area contributed by atoms with Crippen LogP contribution in [-0.4, -0.2) is 54.5 Å². The number of sulfone groups is 1. The molecule has 1 aliphatic heterocycles. The number of aliphatic carboxylic acids is 1. The molecular weight excluding hydrogens is 242 g/mol. The van der Waals surface area contributed by atoms with Crippen molar-refractivity contribution < 1.29 is 18.3 Å². The Hall–Kier alpha value is -0.620. The van der Waals surface area contributed by atoms with E-state index in [2.05, 4.69) is 4.90 Å². The second kappa shape index (κ2) is 5.35. The van der Waals surface area contributed by atoms with Gasteiger partial charge in [-0.2, -0.15) is 0 Å². The third kappa shape index (κ3) is 3.42. The highest BCUT2D eigenvalue weighted by Crippen LogP contribution is 2.33. The standard InChI is InChI=1S/C11H21NO4S/c1-3-12(4-2)11(9-10(13)14)5-7-17(15,16)8-6-11/h3-9H2,1-2H3,(H,13,14). The van der Waals surface area contributed by atoms with Crippen molar-refractivity contribution in [1.29, 1.82) is 0 Å². The summed E-state index contributed by atoms with van der Waals surface area (Å²) >= 11 is 0. The van der Waals surface area contributed by atoms with E-state index in [0.717, 1.165) is 13.1 Å². The smallest absolute Gasteiger partial charge is 0.305 e. The summed E-state index contributed by atoms with van der Waals surface area (Å²) in [5.41, 5.74) is -0.472. The lowest BCUT2D eigenvalue weighted by Crippen LogP contribution is -2.54. The Morgan fingerprint density at radius 3 is 2.06 bits per heavy atom. The van der Waals surface area contributed by atoms with Crippen molar-refractivity contribution in [2.45, 2.75) is 38.6 Å². The van der Waals surface area contributed by atoms with Crippen molar-refractivity contribution in [3.63, 3.8) is 0 Å². The SMILES string of the molecule is CCN(CC)C1(CC(=O)O)CCS(=O)(=O)CC1. The van der Waals surface area contributed by atoms with Gasteiger partial charge < -0.3 is 5.11 Å². The zero-order chi connectivity index (χ0) is 13.1. The molecule has 0 amide bonds. The van der Waals surface area contributed by atoms with Crippen LogP contribution < -0.4 is 0 Å². The molecule has 5 nitrogen and oxygen atoms in total. The van der Waals surface area contributed by atoms with Crippen LogP contribution in [0.1, 0.15) is 33.1 Å². The van der Waals surface area contributed by atoms with Gasteiger partial charge in [0.1, 0.15) is 9.84 Å². The zero-order valence-electron chi connectivity index (χ0n) is 10.5. The van der Waals surface area contributed by atoms with Crippen molar-refractivity contribution in [2.24, 2.45) is 0 Å². The fraction of sp³-hybridized carbons (Fsp3) is 0.909. The second-order valence-corrected chi connectivity index (χ2v) is 6.92. The summed E-state index contributed by atoms with van der Waals surface area (Å²) in [6.07, 6.45) is 0.900. The molecule has 0 aromatic carbocycles. The molecule has 1 heterocycles. The Balaban J connectivity index is 2.92. The average molecular weight is 263 g/mol. The molecular formula is C11H21NO4S. The average Bonchev–Trinajstić information content (AvgIpc) is 2.23. The van der Waals surface area contributed by atoms with Crippen molar-refractivity contribution in [1.82, 2.24) is 4.90 Å². The van der Waals surface area contributed by atoms with Crippen LogP contribution in [0, 0.1) is 0 Å². The van der Waals surface area contributed by atoms with Gasteiger partial charge in [0.05, 0.1) is 17.9 Å². The minimum Gasteiger partial charge on any atom is -0.481 e. The van der Waals surface area contributed by atoms with Gasteiger partial charge in [-0.25, -0.2) is 8.42 Å². The molecule has 1 N–H and O–H groups in total. The molecule has 1 rings (SSSR count). The van der Waals surface area contributed by atoms with Gasteiger partial charge in [0.2, 0.25) is 0 Å². The van der Waals surface area contributed by atoms with E-state index in [4.69, 9.17) is 5.11 Å². The molecule has 0 saturated carbocycles. The van der Waals surface area contributed by atoms with E-state index < -0.39 is 21.3 Å². The Bertz CT molecular complexity index is 359. The first-order valence-electron chi connectivity index (χ1n) is 6.02. The van der Waals surface area contributed by atoms with Crippen LogP contribution in [0.2, 0.25) is 0 Å². The van der Waals surface area contributed by atoms with E-state index >= 15 is 0 Å². The second-order valence-electron chi connectivity index (χ2n) is 4.62. The third-order valence-corrected chi connectivity index (χ3v) is 5.32. The predicted octanol–water partition coefficient (Wildman–Crippen LogP) is 0.750. The van der Waals surface area contributed by atoms with Crippen molar-refractivity contribution in [3.05, 3.63) is 0 Å². The summed E-state index contributed by atoms with van der Waals surface area (Å²) in [6.45, 7) is 5.47. The Morgan fingerprint density at radius 2 is 1.71 bits per heavy atom. The summed E-state index contributed by atoms with van der Waals surface area (Å²) in [5, 5.41) is 9.02. The van der Waals surface area contributed by atoms with Gasteiger partial charge in [-0.1, -0.05) is 13.8 Å². The molecule has 0 radical (unpaired) electrons. The van der Waals surface area contributed by atoms with Gasteiger partial charge >= 0.3 is 5.97 Å². The first kappa shape index (κ1) is 14.4. The van der Waals surface area contributed by atoms with E-state index in [1.165, 1.54) is 0 Å². The van der Waals surface area contributed by atoms with E-state index in [0.29, 0.717) is 12.8 Å². The van der Waals surface area contributed by atoms with Gasteiger partial charge in [-0.3, -0.25) is 9.69 Å².